The molecule has 0 atom stereocenters. The zero-order valence-corrected chi connectivity index (χ0v) is 17.7. The van der Waals surface area contributed by atoms with E-state index in [4.69, 9.17) is 4.74 Å². The van der Waals surface area contributed by atoms with Crippen molar-refractivity contribution in [1.82, 2.24) is 19.9 Å². The Kier molecular flexibility index (Phi) is 6.17. The van der Waals surface area contributed by atoms with E-state index in [1.165, 1.54) is 55.1 Å². The Morgan fingerprint density at radius 2 is 1.58 bits per heavy atom. The van der Waals surface area contributed by atoms with Gasteiger partial charge in [0, 0.05) is 30.5 Å². The Hall–Kier alpha value is -4.45. The maximum atomic E-state index is 12.4. The van der Waals surface area contributed by atoms with Crippen LogP contribution >= 0.6 is 0 Å². The van der Waals surface area contributed by atoms with Crippen LogP contribution in [0.4, 0.5) is 11.6 Å². The van der Waals surface area contributed by atoms with Crippen LogP contribution in [-0.4, -0.2) is 46.8 Å². The van der Waals surface area contributed by atoms with Gasteiger partial charge in [-0.25, -0.2) is 27.9 Å². The zero-order chi connectivity index (χ0) is 23.3. The second-order valence-corrected chi connectivity index (χ2v) is 8.24. The van der Waals surface area contributed by atoms with Crippen LogP contribution in [0.5, 0.6) is 0 Å². The molecule has 0 saturated heterocycles. The van der Waals surface area contributed by atoms with E-state index in [0.29, 0.717) is 16.7 Å². The summed E-state index contributed by atoms with van der Waals surface area (Å²) in [5.41, 5.74) is 1.41. The minimum Gasteiger partial charge on any atom is -0.452 e. The molecule has 0 aliphatic heterocycles. The fraction of sp³-hybridized carbons (Fsp3) is 0.0476. The Labute approximate surface area is 187 Å². The highest BCUT2D eigenvalue weighted by Crippen LogP contribution is 2.17. The SMILES string of the molecule is O=C(COC(=O)c1cccc2nccnc12)Nc1ccc(S(=O)(=O)Nc2ncccn2)cc1. The van der Waals surface area contributed by atoms with Crippen molar-refractivity contribution in [3.8, 4) is 0 Å². The van der Waals surface area contributed by atoms with Crippen molar-refractivity contribution >= 4 is 44.6 Å². The average Bonchev–Trinajstić information content (AvgIpc) is 2.83. The minimum atomic E-state index is -3.90. The molecule has 11 nitrogen and oxygen atoms in total. The lowest BCUT2D eigenvalue weighted by Gasteiger charge is -2.09. The number of fused-ring (bicyclic) bond motifs is 1. The molecule has 0 aliphatic rings. The number of carbonyl (C=O) groups is 2. The van der Waals surface area contributed by atoms with Crippen LogP contribution in [0.25, 0.3) is 11.0 Å². The number of nitrogens with one attached hydrogen (secondary N) is 2. The number of carbonyl (C=O) groups excluding carboxylic acids is 2. The van der Waals surface area contributed by atoms with Gasteiger partial charge >= 0.3 is 5.97 Å². The number of aromatic nitrogens is 4. The van der Waals surface area contributed by atoms with Crippen molar-refractivity contribution in [2.24, 2.45) is 0 Å². The van der Waals surface area contributed by atoms with Gasteiger partial charge in [0.1, 0.15) is 5.52 Å². The van der Waals surface area contributed by atoms with E-state index < -0.39 is 28.5 Å². The van der Waals surface area contributed by atoms with E-state index in [2.05, 4.69) is 30.0 Å². The number of esters is 1. The van der Waals surface area contributed by atoms with Gasteiger partial charge in [0.05, 0.1) is 16.0 Å². The lowest BCUT2D eigenvalue weighted by atomic mass is 10.2. The maximum absolute atomic E-state index is 12.4. The molecule has 0 unspecified atom stereocenters. The highest BCUT2D eigenvalue weighted by atomic mass is 32.2. The second kappa shape index (κ2) is 9.36. The number of amides is 1. The highest BCUT2D eigenvalue weighted by molar-refractivity contribution is 7.92. The molecule has 4 aromatic rings. The molecule has 4 rings (SSSR count). The molecule has 2 heterocycles. The van der Waals surface area contributed by atoms with Gasteiger partial charge in [-0.1, -0.05) is 6.07 Å². The lowest BCUT2D eigenvalue weighted by Crippen LogP contribution is -2.21. The van der Waals surface area contributed by atoms with Crippen LogP contribution in [0.1, 0.15) is 10.4 Å². The standard InChI is InChI=1S/C21H16N6O5S/c28-18(13-32-20(29)16-3-1-4-17-19(16)23-12-11-22-17)26-14-5-7-15(8-6-14)33(30,31)27-21-24-9-2-10-25-21/h1-12H,13H2,(H,26,28)(H,24,25,27). The molecular formula is C21H16N6O5S. The molecule has 0 spiro atoms. The number of sulfonamides is 1. The largest absolute Gasteiger partial charge is 0.452 e. The van der Waals surface area contributed by atoms with E-state index in [9.17, 15) is 18.0 Å². The first-order valence-electron chi connectivity index (χ1n) is 9.49. The summed E-state index contributed by atoms with van der Waals surface area (Å²) in [5, 5.41) is 2.53. The number of nitrogens with zero attached hydrogens (tertiary/aromatic N) is 4. The highest BCUT2D eigenvalue weighted by Gasteiger charge is 2.17. The Bertz CT molecular complexity index is 1410. The summed E-state index contributed by atoms with van der Waals surface area (Å²) < 4.78 is 32.1. The van der Waals surface area contributed by atoms with Gasteiger partial charge < -0.3 is 10.1 Å². The average molecular weight is 464 g/mol. The normalized spacial score (nSPS) is 11.0. The molecule has 0 saturated carbocycles. The number of ether oxygens (including phenoxy) is 1. The quantitative estimate of drug-likeness (QED) is 0.391. The van der Waals surface area contributed by atoms with Crippen LogP contribution in [0.2, 0.25) is 0 Å². The van der Waals surface area contributed by atoms with Crippen LogP contribution in [0.15, 0.2) is 78.2 Å². The van der Waals surface area contributed by atoms with Crippen LogP contribution < -0.4 is 10.0 Å². The van der Waals surface area contributed by atoms with Gasteiger partial charge in [-0.3, -0.25) is 14.8 Å². The van der Waals surface area contributed by atoms with Crippen molar-refractivity contribution in [3.63, 3.8) is 0 Å². The summed E-state index contributed by atoms with van der Waals surface area (Å²) in [6.07, 6.45) is 5.78. The molecule has 12 heteroatoms. The summed E-state index contributed by atoms with van der Waals surface area (Å²) in [6.45, 7) is -0.539. The Morgan fingerprint density at radius 3 is 2.33 bits per heavy atom. The molecule has 2 N–H and O–H groups in total. The number of rotatable bonds is 7. The fourth-order valence-corrected chi connectivity index (χ4v) is 3.77. The third-order valence-corrected chi connectivity index (χ3v) is 5.64. The van der Waals surface area contributed by atoms with E-state index in [-0.39, 0.29) is 16.4 Å². The summed E-state index contributed by atoms with van der Waals surface area (Å²) in [7, 11) is -3.90. The van der Waals surface area contributed by atoms with Crippen molar-refractivity contribution < 1.29 is 22.7 Å². The summed E-state index contributed by atoms with van der Waals surface area (Å²) >= 11 is 0. The van der Waals surface area contributed by atoms with Crippen molar-refractivity contribution in [3.05, 3.63) is 78.9 Å². The third kappa shape index (κ3) is 5.25. The monoisotopic (exact) mass is 464 g/mol. The predicted molar refractivity (Wildman–Crippen MR) is 118 cm³/mol. The summed E-state index contributed by atoms with van der Waals surface area (Å²) in [5.74, 6) is -1.37. The van der Waals surface area contributed by atoms with E-state index in [1.54, 1.807) is 18.2 Å². The number of hydrogen-bond acceptors (Lipinski definition) is 9. The first kappa shape index (κ1) is 21.8. The number of benzene rings is 2. The van der Waals surface area contributed by atoms with Gasteiger partial charge in [-0.2, -0.15) is 0 Å². The second-order valence-electron chi connectivity index (χ2n) is 6.56. The fourth-order valence-electron chi connectivity index (χ4n) is 2.81. The van der Waals surface area contributed by atoms with Crippen LogP contribution in [0.3, 0.4) is 0 Å². The Balaban J connectivity index is 1.35. The molecule has 0 radical (unpaired) electrons. The number of anilines is 2. The lowest BCUT2D eigenvalue weighted by molar-refractivity contribution is -0.119. The smallest absolute Gasteiger partial charge is 0.340 e. The molecule has 2 aromatic heterocycles. The van der Waals surface area contributed by atoms with Gasteiger partial charge in [0.2, 0.25) is 5.95 Å². The number of para-hydroxylation sites is 1. The zero-order valence-electron chi connectivity index (χ0n) is 16.9. The summed E-state index contributed by atoms with van der Waals surface area (Å²) in [4.78, 5) is 40.4. The van der Waals surface area contributed by atoms with E-state index in [0.717, 1.165) is 0 Å². The summed E-state index contributed by atoms with van der Waals surface area (Å²) in [6, 6.07) is 11.9. The number of hydrogen-bond donors (Lipinski definition) is 2. The van der Waals surface area contributed by atoms with Gasteiger partial charge in [0.15, 0.2) is 6.61 Å². The van der Waals surface area contributed by atoms with Crippen molar-refractivity contribution in [1.29, 1.82) is 0 Å². The molecule has 1 amide bonds. The van der Waals surface area contributed by atoms with Crippen LogP contribution in [-0.2, 0) is 19.6 Å². The van der Waals surface area contributed by atoms with Gasteiger partial charge in [0.25, 0.3) is 15.9 Å². The van der Waals surface area contributed by atoms with Gasteiger partial charge in [-0.05, 0) is 42.5 Å². The predicted octanol–water partition coefficient (Wildman–Crippen LogP) is 2.02. The molecule has 33 heavy (non-hydrogen) atoms. The molecule has 2 aromatic carbocycles. The van der Waals surface area contributed by atoms with E-state index >= 15 is 0 Å². The molecule has 0 aliphatic carbocycles. The molecule has 0 bridgehead atoms. The first-order valence-corrected chi connectivity index (χ1v) is 11.0. The molecule has 166 valence electrons. The Morgan fingerprint density at radius 1 is 0.848 bits per heavy atom. The first-order chi connectivity index (χ1) is 15.9. The minimum absolute atomic E-state index is 0.0450. The maximum Gasteiger partial charge on any atom is 0.340 e. The molecular weight excluding hydrogens is 448 g/mol. The van der Waals surface area contributed by atoms with Crippen molar-refractivity contribution in [2.75, 3.05) is 16.6 Å². The topological polar surface area (TPSA) is 153 Å². The van der Waals surface area contributed by atoms with Crippen molar-refractivity contribution in [2.45, 2.75) is 4.90 Å². The van der Waals surface area contributed by atoms with Gasteiger partial charge in [-0.15, -0.1) is 0 Å². The molecule has 0 fully saturated rings. The van der Waals surface area contributed by atoms with Crippen LogP contribution in [0, 0.1) is 0 Å². The van der Waals surface area contributed by atoms with E-state index in [1.807, 2.05) is 0 Å². The third-order valence-electron chi connectivity index (χ3n) is 4.29.